The van der Waals surface area contributed by atoms with Crippen molar-refractivity contribution in [2.75, 3.05) is 6.61 Å². The van der Waals surface area contributed by atoms with Gasteiger partial charge in [0.15, 0.2) is 5.54 Å². The highest BCUT2D eigenvalue weighted by molar-refractivity contribution is 6.07. The van der Waals surface area contributed by atoms with Crippen molar-refractivity contribution >= 4 is 11.9 Å². The normalized spacial score (nSPS) is 21.2. The predicted octanol–water partition coefficient (Wildman–Crippen LogP) is 2.43. The minimum absolute atomic E-state index is 0.0373. The standard InChI is InChI=1S/C19H14FN3O3/c20-15-6-5-12(9-13(15)10-21)11-23-17(24)19(22-18(23)25)7-8-26-16-4-2-1-3-14(16)19/h1-6,9H,7-8,11H2,(H,22,25). The monoisotopic (exact) mass is 351 g/mol. The number of nitrogens with zero attached hydrogens (tertiary/aromatic N) is 2. The molecule has 0 bridgehead atoms. The molecule has 1 fully saturated rings. The summed E-state index contributed by atoms with van der Waals surface area (Å²) in [5.41, 5.74) is -0.141. The number of amides is 3. The molecule has 2 aromatic carbocycles. The average Bonchev–Trinajstić information content (AvgIpc) is 2.88. The van der Waals surface area contributed by atoms with Crippen LogP contribution in [0, 0.1) is 17.1 Å². The Kier molecular flexibility index (Phi) is 3.62. The summed E-state index contributed by atoms with van der Waals surface area (Å²) in [7, 11) is 0. The molecule has 0 aromatic heterocycles. The van der Waals surface area contributed by atoms with Crippen molar-refractivity contribution in [3.8, 4) is 11.8 Å². The number of hydrogen-bond donors (Lipinski definition) is 1. The molecule has 130 valence electrons. The minimum Gasteiger partial charge on any atom is -0.493 e. The number of rotatable bonds is 2. The number of fused-ring (bicyclic) bond motifs is 2. The molecule has 2 heterocycles. The predicted molar refractivity (Wildman–Crippen MR) is 88.4 cm³/mol. The summed E-state index contributed by atoms with van der Waals surface area (Å²) in [5.74, 6) is -0.438. The second kappa shape index (κ2) is 5.85. The van der Waals surface area contributed by atoms with Crippen LogP contribution in [0.4, 0.5) is 9.18 Å². The Balaban J connectivity index is 1.68. The number of carbonyl (C=O) groups excluding carboxylic acids is 2. The van der Waals surface area contributed by atoms with Gasteiger partial charge in [0.2, 0.25) is 0 Å². The fraction of sp³-hybridized carbons (Fsp3) is 0.211. The van der Waals surface area contributed by atoms with Crippen molar-refractivity contribution in [1.29, 1.82) is 5.26 Å². The van der Waals surface area contributed by atoms with E-state index in [1.807, 2.05) is 0 Å². The van der Waals surface area contributed by atoms with E-state index in [2.05, 4.69) is 5.32 Å². The third kappa shape index (κ3) is 2.30. The molecule has 0 aliphatic carbocycles. The molecule has 2 aliphatic heterocycles. The van der Waals surface area contributed by atoms with Gasteiger partial charge in [0, 0.05) is 12.0 Å². The zero-order valence-electron chi connectivity index (χ0n) is 13.7. The van der Waals surface area contributed by atoms with Gasteiger partial charge in [-0.3, -0.25) is 9.69 Å². The van der Waals surface area contributed by atoms with Gasteiger partial charge in [-0.25, -0.2) is 9.18 Å². The van der Waals surface area contributed by atoms with E-state index in [0.717, 1.165) is 11.0 Å². The molecule has 1 spiro atoms. The number of carbonyl (C=O) groups is 2. The van der Waals surface area contributed by atoms with Crippen LogP contribution in [-0.4, -0.2) is 23.4 Å². The number of nitrogens with one attached hydrogen (secondary N) is 1. The molecule has 1 saturated heterocycles. The van der Waals surface area contributed by atoms with Crippen molar-refractivity contribution in [3.05, 3.63) is 65.0 Å². The van der Waals surface area contributed by atoms with Gasteiger partial charge in [-0.15, -0.1) is 0 Å². The van der Waals surface area contributed by atoms with Gasteiger partial charge in [0.05, 0.1) is 18.7 Å². The molecular formula is C19H14FN3O3. The van der Waals surface area contributed by atoms with Crippen molar-refractivity contribution in [2.45, 2.75) is 18.5 Å². The Morgan fingerprint density at radius 1 is 1.27 bits per heavy atom. The van der Waals surface area contributed by atoms with Crippen LogP contribution in [0.5, 0.6) is 5.75 Å². The summed E-state index contributed by atoms with van der Waals surface area (Å²) in [5, 5.41) is 11.8. The lowest BCUT2D eigenvalue weighted by Gasteiger charge is -2.33. The van der Waals surface area contributed by atoms with Crippen molar-refractivity contribution in [1.82, 2.24) is 10.2 Å². The molecule has 0 saturated carbocycles. The molecule has 0 radical (unpaired) electrons. The first-order valence-corrected chi connectivity index (χ1v) is 8.10. The number of imide groups is 1. The SMILES string of the molecule is N#Cc1cc(CN2C(=O)NC3(CCOc4ccccc43)C2=O)ccc1F. The van der Waals surface area contributed by atoms with E-state index in [4.69, 9.17) is 10.00 Å². The Morgan fingerprint density at radius 2 is 2.08 bits per heavy atom. The molecule has 2 aliphatic rings. The lowest BCUT2D eigenvalue weighted by Crippen LogP contribution is -2.47. The zero-order valence-corrected chi connectivity index (χ0v) is 13.7. The molecule has 2 aromatic rings. The van der Waals surface area contributed by atoms with Crippen LogP contribution in [-0.2, 0) is 16.9 Å². The quantitative estimate of drug-likeness (QED) is 0.843. The topological polar surface area (TPSA) is 82.4 Å². The highest BCUT2D eigenvalue weighted by atomic mass is 19.1. The molecule has 6 nitrogen and oxygen atoms in total. The van der Waals surface area contributed by atoms with Crippen LogP contribution in [0.25, 0.3) is 0 Å². The number of para-hydroxylation sites is 1. The number of hydrogen-bond acceptors (Lipinski definition) is 4. The van der Waals surface area contributed by atoms with Gasteiger partial charge < -0.3 is 10.1 Å². The number of ether oxygens (including phenoxy) is 1. The first-order valence-electron chi connectivity index (χ1n) is 8.10. The summed E-state index contributed by atoms with van der Waals surface area (Å²) >= 11 is 0. The van der Waals surface area contributed by atoms with Crippen LogP contribution < -0.4 is 10.1 Å². The minimum atomic E-state index is -1.15. The maximum absolute atomic E-state index is 13.5. The number of halogens is 1. The lowest BCUT2D eigenvalue weighted by molar-refractivity contribution is -0.133. The Labute approximate surface area is 148 Å². The third-order valence-electron chi connectivity index (χ3n) is 4.75. The van der Waals surface area contributed by atoms with Gasteiger partial charge in [0.25, 0.3) is 5.91 Å². The van der Waals surface area contributed by atoms with Crippen molar-refractivity contribution in [3.63, 3.8) is 0 Å². The first-order chi connectivity index (χ1) is 12.5. The number of urea groups is 1. The summed E-state index contributed by atoms with van der Waals surface area (Å²) in [6, 6.07) is 12.3. The third-order valence-corrected chi connectivity index (χ3v) is 4.75. The first kappa shape index (κ1) is 16.1. The lowest BCUT2D eigenvalue weighted by atomic mass is 9.84. The largest absolute Gasteiger partial charge is 0.493 e. The second-order valence-corrected chi connectivity index (χ2v) is 6.25. The van der Waals surface area contributed by atoms with E-state index >= 15 is 0 Å². The maximum Gasteiger partial charge on any atom is 0.325 e. The summed E-state index contributed by atoms with van der Waals surface area (Å²) in [6.07, 6.45) is 0.331. The van der Waals surface area contributed by atoms with E-state index in [-0.39, 0.29) is 18.0 Å². The van der Waals surface area contributed by atoms with E-state index in [9.17, 15) is 14.0 Å². The van der Waals surface area contributed by atoms with Crippen LogP contribution in [0.1, 0.15) is 23.1 Å². The van der Waals surface area contributed by atoms with E-state index < -0.39 is 17.4 Å². The molecule has 1 atom stereocenters. The molecule has 4 rings (SSSR count). The van der Waals surface area contributed by atoms with Gasteiger partial charge >= 0.3 is 6.03 Å². The Morgan fingerprint density at radius 3 is 2.88 bits per heavy atom. The van der Waals surface area contributed by atoms with Crippen molar-refractivity contribution in [2.24, 2.45) is 0 Å². The summed E-state index contributed by atoms with van der Waals surface area (Å²) in [6.45, 7) is 0.274. The highest BCUT2D eigenvalue weighted by Gasteiger charge is 2.54. The maximum atomic E-state index is 13.5. The highest BCUT2D eigenvalue weighted by Crippen LogP contribution is 2.41. The number of benzene rings is 2. The fourth-order valence-electron chi connectivity index (χ4n) is 3.45. The number of nitriles is 1. The van der Waals surface area contributed by atoms with Crippen LogP contribution in [0.3, 0.4) is 0 Å². The van der Waals surface area contributed by atoms with E-state index in [1.54, 1.807) is 30.3 Å². The van der Waals surface area contributed by atoms with E-state index in [0.29, 0.717) is 29.9 Å². The van der Waals surface area contributed by atoms with Gasteiger partial charge in [-0.05, 0) is 23.8 Å². The molecule has 3 amide bonds. The van der Waals surface area contributed by atoms with Crippen LogP contribution in [0.2, 0.25) is 0 Å². The molecule has 1 unspecified atom stereocenters. The van der Waals surface area contributed by atoms with E-state index in [1.165, 1.54) is 12.1 Å². The van der Waals surface area contributed by atoms with Crippen molar-refractivity contribution < 1.29 is 18.7 Å². The molecule has 1 N–H and O–H groups in total. The Bertz CT molecular complexity index is 969. The molecule has 26 heavy (non-hydrogen) atoms. The van der Waals surface area contributed by atoms with Gasteiger partial charge in [-0.2, -0.15) is 5.26 Å². The van der Waals surface area contributed by atoms with Crippen LogP contribution >= 0.6 is 0 Å². The van der Waals surface area contributed by atoms with Gasteiger partial charge in [0.1, 0.15) is 17.6 Å². The smallest absolute Gasteiger partial charge is 0.325 e. The Hall–Kier alpha value is -3.40. The molecular weight excluding hydrogens is 337 g/mol. The fourth-order valence-corrected chi connectivity index (χ4v) is 3.45. The summed E-state index contributed by atoms with van der Waals surface area (Å²) in [4.78, 5) is 26.7. The summed E-state index contributed by atoms with van der Waals surface area (Å²) < 4.78 is 19.1. The zero-order chi connectivity index (χ0) is 18.3. The average molecular weight is 351 g/mol. The van der Waals surface area contributed by atoms with Gasteiger partial charge in [-0.1, -0.05) is 24.3 Å². The van der Waals surface area contributed by atoms with Crippen LogP contribution in [0.15, 0.2) is 42.5 Å². The second-order valence-electron chi connectivity index (χ2n) is 6.25. The molecule has 7 heteroatoms.